The normalized spacial score (nSPS) is 9.69. The number of hydrogen-bond acceptors (Lipinski definition) is 4. The van der Waals surface area contributed by atoms with Gasteiger partial charge >= 0.3 is 0 Å². The van der Waals surface area contributed by atoms with Crippen LogP contribution in [0.2, 0.25) is 0 Å². The minimum absolute atomic E-state index is 0.444. The van der Waals surface area contributed by atoms with Crippen LogP contribution in [0.1, 0.15) is 0 Å². The Bertz CT molecular complexity index is 341. The second-order valence-corrected chi connectivity index (χ2v) is 3.56. The molecule has 4 heteroatoms. The second kappa shape index (κ2) is 6.33. The number of thiol groups is 1. The van der Waals surface area contributed by atoms with Gasteiger partial charge in [0.1, 0.15) is 23.9 Å². The molecular formula is C12H16O3S. The molecule has 0 radical (unpaired) electrons. The molecule has 0 aliphatic heterocycles. The van der Waals surface area contributed by atoms with E-state index in [4.69, 9.17) is 14.2 Å². The molecule has 0 aromatic heterocycles. The van der Waals surface area contributed by atoms with E-state index < -0.39 is 0 Å². The molecule has 0 amide bonds. The highest BCUT2D eigenvalue weighted by Crippen LogP contribution is 2.27. The Morgan fingerprint density at radius 1 is 1.12 bits per heavy atom. The SMILES string of the molecule is C=C(CS)COc1cc(OC)cc(OC)c1. The van der Waals surface area contributed by atoms with E-state index >= 15 is 0 Å². The molecule has 0 atom stereocenters. The molecule has 0 fully saturated rings. The van der Waals surface area contributed by atoms with Crippen LogP contribution in [-0.4, -0.2) is 26.6 Å². The van der Waals surface area contributed by atoms with Gasteiger partial charge in [0.05, 0.1) is 14.2 Å². The lowest BCUT2D eigenvalue weighted by atomic mass is 10.3. The van der Waals surface area contributed by atoms with Crippen LogP contribution in [0.25, 0.3) is 0 Å². The van der Waals surface area contributed by atoms with E-state index in [9.17, 15) is 0 Å². The highest BCUT2D eigenvalue weighted by Gasteiger charge is 2.03. The zero-order valence-corrected chi connectivity index (χ0v) is 10.4. The predicted octanol–water partition coefficient (Wildman–Crippen LogP) is 2.57. The topological polar surface area (TPSA) is 27.7 Å². The Hall–Kier alpha value is -1.29. The van der Waals surface area contributed by atoms with Crippen LogP contribution in [0.3, 0.4) is 0 Å². The Morgan fingerprint density at radius 2 is 1.62 bits per heavy atom. The average molecular weight is 240 g/mol. The number of rotatable bonds is 6. The maximum absolute atomic E-state index is 5.54. The lowest BCUT2D eigenvalue weighted by molar-refractivity contribution is 0.341. The molecule has 0 saturated heterocycles. The summed E-state index contributed by atoms with van der Waals surface area (Å²) in [7, 11) is 3.20. The van der Waals surface area contributed by atoms with Gasteiger partial charge in [-0.15, -0.1) is 0 Å². The smallest absolute Gasteiger partial charge is 0.127 e. The number of hydrogen-bond donors (Lipinski definition) is 1. The Labute approximate surface area is 101 Å². The van der Waals surface area contributed by atoms with Crippen molar-refractivity contribution in [2.75, 3.05) is 26.6 Å². The fraction of sp³-hybridized carbons (Fsp3) is 0.333. The molecule has 0 N–H and O–H groups in total. The highest BCUT2D eigenvalue weighted by molar-refractivity contribution is 7.80. The van der Waals surface area contributed by atoms with Crippen LogP contribution < -0.4 is 14.2 Å². The molecule has 0 bridgehead atoms. The van der Waals surface area contributed by atoms with E-state index in [1.807, 2.05) is 0 Å². The number of benzene rings is 1. The van der Waals surface area contributed by atoms with Gasteiger partial charge in [-0.3, -0.25) is 0 Å². The second-order valence-electron chi connectivity index (χ2n) is 3.25. The van der Waals surface area contributed by atoms with E-state index in [0.29, 0.717) is 29.6 Å². The molecule has 1 rings (SSSR count). The van der Waals surface area contributed by atoms with E-state index in [0.717, 1.165) is 5.57 Å². The first-order chi connectivity index (χ1) is 7.69. The zero-order valence-electron chi connectivity index (χ0n) is 9.53. The number of methoxy groups -OCH3 is 2. The summed E-state index contributed by atoms with van der Waals surface area (Å²) < 4.78 is 15.8. The summed E-state index contributed by atoms with van der Waals surface area (Å²) in [6, 6.07) is 5.39. The van der Waals surface area contributed by atoms with Gasteiger partial charge in [0, 0.05) is 24.0 Å². The number of ether oxygens (including phenoxy) is 3. The summed E-state index contributed by atoms with van der Waals surface area (Å²) in [6.45, 7) is 4.25. The van der Waals surface area contributed by atoms with Crippen LogP contribution >= 0.6 is 12.6 Å². The monoisotopic (exact) mass is 240 g/mol. The lowest BCUT2D eigenvalue weighted by Crippen LogP contribution is -2.01. The van der Waals surface area contributed by atoms with E-state index in [-0.39, 0.29) is 0 Å². The van der Waals surface area contributed by atoms with Gasteiger partial charge in [-0.2, -0.15) is 12.6 Å². The van der Waals surface area contributed by atoms with Gasteiger partial charge in [-0.1, -0.05) is 6.58 Å². The van der Waals surface area contributed by atoms with Crippen molar-refractivity contribution in [1.82, 2.24) is 0 Å². The third-order valence-corrected chi connectivity index (χ3v) is 2.44. The molecule has 1 aromatic rings. The minimum Gasteiger partial charge on any atom is -0.496 e. The molecule has 3 nitrogen and oxygen atoms in total. The van der Waals surface area contributed by atoms with Crippen LogP contribution in [0, 0.1) is 0 Å². The molecule has 0 unspecified atom stereocenters. The molecule has 1 aromatic carbocycles. The van der Waals surface area contributed by atoms with Crippen molar-refractivity contribution in [3.8, 4) is 17.2 Å². The largest absolute Gasteiger partial charge is 0.496 e. The third kappa shape index (κ3) is 3.70. The van der Waals surface area contributed by atoms with E-state index in [1.54, 1.807) is 32.4 Å². The molecule has 0 aliphatic rings. The molecule has 0 heterocycles. The first kappa shape index (κ1) is 12.8. The zero-order chi connectivity index (χ0) is 12.0. The fourth-order valence-corrected chi connectivity index (χ4v) is 1.19. The van der Waals surface area contributed by atoms with Crippen molar-refractivity contribution >= 4 is 12.6 Å². The molecule has 0 spiro atoms. The van der Waals surface area contributed by atoms with Crippen molar-refractivity contribution in [2.24, 2.45) is 0 Å². The van der Waals surface area contributed by atoms with Crippen LogP contribution in [0.15, 0.2) is 30.4 Å². The molecule has 0 saturated carbocycles. The first-order valence-corrected chi connectivity index (χ1v) is 5.46. The molecule has 16 heavy (non-hydrogen) atoms. The lowest BCUT2D eigenvalue weighted by Gasteiger charge is -2.10. The van der Waals surface area contributed by atoms with Gasteiger partial charge in [0.2, 0.25) is 0 Å². The summed E-state index contributed by atoms with van der Waals surface area (Å²) in [5.74, 6) is 2.71. The van der Waals surface area contributed by atoms with E-state index in [1.165, 1.54) is 0 Å². The third-order valence-electron chi connectivity index (χ3n) is 1.99. The van der Waals surface area contributed by atoms with Crippen molar-refractivity contribution in [3.63, 3.8) is 0 Å². The Morgan fingerprint density at radius 3 is 2.06 bits per heavy atom. The van der Waals surface area contributed by atoms with Crippen LogP contribution in [0.4, 0.5) is 0 Å². The predicted molar refractivity (Wildman–Crippen MR) is 68.0 cm³/mol. The van der Waals surface area contributed by atoms with Gasteiger partial charge in [-0.25, -0.2) is 0 Å². The minimum atomic E-state index is 0.444. The van der Waals surface area contributed by atoms with Gasteiger partial charge < -0.3 is 14.2 Å². The van der Waals surface area contributed by atoms with Crippen molar-refractivity contribution < 1.29 is 14.2 Å². The summed E-state index contributed by atoms with van der Waals surface area (Å²) in [4.78, 5) is 0. The standard InChI is InChI=1S/C12H16O3S/c1-9(8-16)7-15-12-5-10(13-2)4-11(6-12)14-3/h4-6,16H,1,7-8H2,2-3H3. The first-order valence-electron chi connectivity index (χ1n) is 4.83. The van der Waals surface area contributed by atoms with Gasteiger partial charge in [-0.05, 0) is 5.57 Å². The average Bonchev–Trinajstić information content (AvgIpc) is 2.35. The summed E-state index contributed by atoms with van der Waals surface area (Å²) in [5, 5.41) is 0. The van der Waals surface area contributed by atoms with Crippen molar-refractivity contribution in [3.05, 3.63) is 30.4 Å². The quantitative estimate of drug-likeness (QED) is 0.612. The Kier molecular flexibility index (Phi) is 5.05. The van der Waals surface area contributed by atoms with E-state index in [2.05, 4.69) is 19.2 Å². The highest BCUT2D eigenvalue weighted by atomic mass is 32.1. The Balaban J connectivity index is 2.74. The fourth-order valence-electron chi connectivity index (χ4n) is 1.10. The van der Waals surface area contributed by atoms with Crippen LogP contribution in [0.5, 0.6) is 17.2 Å². The maximum atomic E-state index is 5.54. The van der Waals surface area contributed by atoms with Gasteiger partial charge in [0.15, 0.2) is 0 Å². The molecular weight excluding hydrogens is 224 g/mol. The summed E-state index contributed by atoms with van der Waals surface area (Å²) in [5.41, 5.74) is 0.921. The van der Waals surface area contributed by atoms with Gasteiger partial charge in [0.25, 0.3) is 0 Å². The summed E-state index contributed by atoms with van der Waals surface area (Å²) in [6.07, 6.45) is 0. The molecule has 0 aliphatic carbocycles. The maximum Gasteiger partial charge on any atom is 0.127 e. The summed E-state index contributed by atoms with van der Waals surface area (Å²) >= 11 is 4.11. The molecule has 88 valence electrons. The van der Waals surface area contributed by atoms with Crippen LogP contribution in [-0.2, 0) is 0 Å². The van der Waals surface area contributed by atoms with Crippen molar-refractivity contribution in [2.45, 2.75) is 0 Å². The van der Waals surface area contributed by atoms with Crippen molar-refractivity contribution in [1.29, 1.82) is 0 Å².